The lowest BCUT2D eigenvalue weighted by molar-refractivity contribution is 0.832. The van der Waals surface area contributed by atoms with Gasteiger partial charge in [0.1, 0.15) is 0 Å². The molecule has 1 aromatic heterocycles. The van der Waals surface area contributed by atoms with Gasteiger partial charge < -0.3 is 15.5 Å². The molecule has 3 nitrogen and oxygen atoms in total. The third-order valence-electron chi connectivity index (χ3n) is 3.20. The smallest absolute Gasteiger partial charge is 0.166 e. The third kappa shape index (κ3) is 4.72. The van der Waals surface area contributed by atoms with Gasteiger partial charge >= 0.3 is 0 Å². The summed E-state index contributed by atoms with van der Waals surface area (Å²) in [7, 11) is 4.12. The highest BCUT2D eigenvalue weighted by molar-refractivity contribution is 7.80. The summed E-state index contributed by atoms with van der Waals surface area (Å²) in [4.78, 5) is 2.13. The van der Waals surface area contributed by atoms with Crippen LogP contribution in [0.1, 0.15) is 16.7 Å². The molecule has 1 aromatic carbocycles. The number of hydrogen-bond donors (Lipinski definition) is 2. The zero-order chi connectivity index (χ0) is 15.2. The number of nitrogens with one attached hydrogen (secondary N) is 2. The number of benzene rings is 1. The summed E-state index contributed by atoms with van der Waals surface area (Å²) in [5.41, 5.74) is 4.99. The van der Waals surface area contributed by atoms with Gasteiger partial charge in [-0.1, -0.05) is 12.1 Å². The molecule has 5 heteroatoms. The van der Waals surface area contributed by atoms with Gasteiger partial charge in [-0.25, -0.2) is 0 Å². The molecule has 2 aromatic rings. The first-order chi connectivity index (χ1) is 10.1. The van der Waals surface area contributed by atoms with E-state index in [1.807, 2.05) is 0 Å². The van der Waals surface area contributed by atoms with E-state index in [0.29, 0.717) is 5.11 Å². The Morgan fingerprint density at radius 2 is 1.95 bits per heavy atom. The largest absolute Gasteiger partial charge is 0.377 e. The minimum Gasteiger partial charge on any atom is -0.377 e. The lowest BCUT2D eigenvalue weighted by atomic mass is 10.1. The molecule has 0 fully saturated rings. The Kier molecular flexibility index (Phi) is 5.59. The predicted molar refractivity (Wildman–Crippen MR) is 96.1 cm³/mol. The highest BCUT2D eigenvalue weighted by atomic mass is 32.1. The summed E-state index contributed by atoms with van der Waals surface area (Å²) >= 11 is 7.03. The minimum atomic E-state index is 0.687. The quantitative estimate of drug-likeness (QED) is 0.827. The Morgan fingerprint density at radius 3 is 2.62 bits per heavy atom. The second kappa shape index (κ2) is 7.43. The average molecular weight is 319 g/mol. The number of aryl methyl sites for hydroxylation is 1. The summed E-state index contributed by atoms with van der Waals surface area (Å²) < 4.78 is 0. The third-order valence-corrected chi connectivity index (χ3v) is 4.22. The summed E-state index contributed by atoms with van der Waals surface area (Å²) in [6, 6.07) is 8.58. The normalized spacial score (nSPS) is 10.2. The summed E-state index contributed by atoms with van der Waals surface area (Å²) in [6.07, 6.45) is 0. The summed E-state index contributed by atoms with van der Waals surface area (Å²) in [5.74, 6) is 0. The molecular weight excluding hydrogens is 298 g/mol. The Bertz CT molecular complexity index is 592. The maximum Gasteiger partial charge on any atom is 0.166 e. The first-order valence-corrected chi connectivity index (χ1v) is 8.21. The van der Waals surface area contributed by atoms with Gasteiger partial charge in [0.15, 0.2) is 5.11 Å². The van der Waals surface area contributed by atoms with Crippen LogP contribution < -0.4 is 15.5 Å². The van der Waals surface area contributed by atoms with Gasteiger partial charge in [0.25, 0.3) is 0 Å². The van der Waals surface area contributed by atoms with Gasteiger partial charge in [0, 0.05) is 32.9 Å². The van der Waals surface area contributed by atoms with E-state index < -0.39 is 0 Å². The summed E-state index contributed by atoms with van der Waals surface area (Å²) in [6.45, 7) is 3.60. The maximum absolute atomic E-state index is 5.33. The van der Waals surface area contributed by atoms with Crippen LogP contribution in [0.2, 0.25) is 0 Å². The number of rotatable bonds is 5. The first-order valence-electron chi connectivity index (χ1n) is 6.86. The van der Waals surface area contributed by atoms with Crippen LogP contribution in [0, 0.1) is 6.92 Å². The van der Waals surface area contributed by atoms with Crippen molar-refractivity contribution in [2.45, 2.75) is 20.0 Å². The average Bonchev–Trinajstić information content (AvgIpc) is 2.97. The Labute approximate surface area is 136 Å². The zero-order valence-electron chi connectivity index (χ0n) is 12.6. The van der Waals surface area contributed by atoms with Crippen LogP contribution in [-0.4, -0.2) is 19.2 Å². The monoisotopic (exact) mass is 319 g/mol. The number of thiophene rings is 1. The van der Waals surface area contributed by atoms with E-state index in [-0.39, 0.29) is 0 Å². The number of thiocarbonyl (C=S) groups is 1. The van der Waals surface area contributed by atoms with Crippen LogP contribution in [0.5, 0.6) is 0 Å². The predicted octanol–water partition coefficient (Wildman–Crippen LogP) is 3.29. The SMILES string of the molecule is Cc1ccc(CNC(=S)NCc2ccsc2)c(N(C)C)c1. The Morgan fingerprint density at radius 1 is 1.19 bits per heavy atom. The van der Waals surface area contributed by atoms with Gasteiger partial charge in [-0.05, 0) is 58.7 Å². The molecule has 21 heavy (non-hydrogen) atoms. The van der Waals surface area contributed by atoms with Gasteiger partial charge in [0.05, 0.1) is 0 Å². The molecule has 0 aliphatic carbocycles. The number of hydrogen-bond acceptors (Lipinski definition) is 3. The molecule has 0 aliphatic heterocycles. The van der Waals surface area contributed by atoms with Crippen LogP contribution in [0.25, 0.3) is 0 Å². The van der Waals surface area contributed by atoms with Crippen LogP contribution in [0.15, 0.2) is 35.0 Å². The molecule has 0 aliphatic rings. The van der Waals surface area contributed by atoms with Crippen molar-refractivity contribution >= 4 is 34.4 Å². The molecule has 1 heterocycles. The molecule has 0 amide bonds. The fourth-order valence-electron chi connectivity index (χ4n) is 2.05. The van der Waals surface area contributed by atoms with E-state index in [1.54, 1.807) is 11.3 Å². The van der Waals surface area contributed by atoms with Crippen LogP contribution in [-0.2, 0) is 13.1 Å². The second-order valence-electron chi connectivity index (χ2n) is 5.19. The van der Waals surface area contributed by atoms with Crippen molar-refractivity contribution in [3.05, 3.63) is 51.7 Å². The van der Waals surface area contributed by atoms with Gasteiger partial charge in [-0.15, -0.1) is 0 Å². The lowest BCUT2D eigenvalue weighted by Crippen LogP contribution is -2.34. The molecule has 0 spiro atoms. The Hall–Kier alpha value is -1.59. The fraction of sp³-hybridized carbons (Fsp3) is 0.312. The van der Waals surface area contributed by atoms with Crippen molar-refractivity contribution < 1.29 is 0 Å². The van der Waals surface area contributed by atoms with Gasteiger partial charge in [0.2, 0.25) is 0 Å². The van der Waals surface area contributed by atoms with Crippen molar-refractivity contribution in [2.75, 3.05) is 19.0 Å². The van der Waals surface area contributed by atoms with E-state index in [4.69, 9.17) is 12.2 Å². The molecule has 2 N–H and O–H groups in total. The van der Waals surface area contributed by atoms with Crippen LogP contribution in [0.3, 0.4) is 0 Å². The van der Waals surface area contributed by atoms with E-state index in [9.17, 15) is 0 Å². The van der Waals surface area contributed by atoms with Crippen LogP contribution in [0.4, 0.5) is 5.69 Å². The highest BCUT2D eigenvalue weighted by Crippen LogP contribution is 2.20. The van der Waals surface area contributed by atoms with Gasteiger partial charge in [-0.2, -0.15) is 11.3 Å². The van der Waals surface area contributed by atoms with E-state index in [2.05, 4.69) is 71.6 Å². The summed E-state index contributed by atoms with van der Waals surface area (Å²) in [5, 5.41) is 11.4. The van der Waals surface area contributed by atoms with Crippen molar-refractivity contribution in [3.63, 3.8) is 0 Å². The first kappa shape index (κ1) is 15.8. The highest BCUT2D eigenvalue weighted by Gasteiger charge is 2.05. The molecule has 0 saturated heterocycles. The van der Waals surface area contributed by atoms with Crippen molar-refractivity contribution in [2.24, 2.45) is 0 Å². The maximum atomic E-state index is 5.33. The van der Waals surface area contributed by atoms with E-state index in [1.165, 1.54) is 22.4 Å². The molecule has 0 saturated carbocycles. The number of nitrogens with zero attached hydrogens (tertiary/aromatic N) is 1. The van der Waals surface area contributed by atoms with Crippen LogP contribution >= 0.6 is 23.6 Å². The molecule has 0 bridgehead atoms. The molecular formula is C16H21N3S2. The fourth-order valence-corrected chi connectivity index (χ4v) is 2.87. The van der Waals surface area contributed by atoms with Crippen molar-refractivity contribution in [1.29, 1.82) is 0 Å². The zero-order valence-corrected chi connectivity index (χ0v) is 14.3. The molecule has 0 radical (unpaired) electrons. The second-order valence-corrected chi connectivity index (χ2v) is 6.38. The van der Waals surface area contributed by atoms with E-state index >= 15 is 0 Å². The van der Waals surface area contributed by atoms with Gasteiger partial charge in [-0.3, -0.25) is 0 Å². The molecule has 2 rings (SSSR count). The standard InChI is InChI=1S/C16H21N3S2/c1-12-4-5-14(15(8-12)19(2)3)10-18-16(20)17-9-13-6-7-21-11-13/h4-8,11H,9-10H2,1-3H3,(H2,17,18,20). The topological polar surface area (TPSA) is 27.3 Å². The van der Waals surface area contributed by atoms with E-state index in [0.717, 1.165) is 13.1 Å². The minimum absolute atomic E-state index is 0.687. The molecule has 0 unspecified atom stereocenters. The number of anilines is 1. The van der Waals surface area contributed by atoms with Crippen molar-refractivity contribution in [1.82, 2.24) is 10.6 Å². The lowest BCUT2D eigenvalue weighted by Gasteiger charge is -2.19. The van der Waals surface area contributed by atoms with Crippen molar-refractivity contribution in [3.8, 4) is 0 Å². The Balaban J connectivity index is 1.89. The molecule has 0 atom stereocenters. The molecule has 112 valence electrons.